The van der Waals surface area contributed by atoms with Crippen molar-refractivity contribution in [3.8, 4) is 11.3 Å². The minimum absolute atomic E-state index is 0.0586. The number of aromatic nitrogens is 5. The molecule has 1 saturated carbocycles. The Hall–Kier alpha value is -3.49. The van der Waals surface area contributed by atoms with Gasteiger partial charge in [-0.25, -0.2) is 9.07 Å². The Morgan fingerprint density at radius 1 is 1.32 bits per heavy atom. The normalized spacial score (nSPS) is 13.8. The maximum Gasteiger partial charge on any atom is 0.270 e. The molecule has 0 unspecified atom stereocenters. The van der Waals surface area contributed by atoms with E-state index in [1.807, 2.05) is 7.05 Å². The molecule has 0 atom stereocenters. The fourth-order valence-electron chi connectivity index (χ4n) is 4.25. The highest BCUT2D eigenvalue weighted by atomic mass is 32.2. The van der Waals surface area contributed by atoms with Gasteiger partial charge in [0.2, 0.25) is 11.1 Å². The van der Waals surface area contributed by atoms with Crippen molar-refractivity contribution in [2.24, 2.45) is 5.73 Å². The lowest BCUT2D eigenvalue weighted by molar-refractivity contribution is -0.384. The summed E-state index contributed by atoms with van der Waals surface area (Å²) in [5, 5.41) is 26.5. The quantitative estimate of drug-likeness (QED) is 0.202. The number of halogens is 1. The van der Waals surface area contributed by atoms with Crippen LogP contribution in [-0.2, 0) is 11.3 Å². The van der Waals surface area contributed by atoms with Gasteiger partial charge >= 0.3 is 0 Å². The molecule has 0 bridgehead atoms. The van der Waals surface area contributed by atoms with Crippen molar-refractivity contribution in [2.45, 2.75) is 48.2 Å². The zero-order chi connectivity index (χ0) is 26.4. The Morgan fingerprint density at radius 2 is 2.11 bits per heavy atom. The number of nitrogens with one attached hydrogen (secondary N) is 1. The molecule has 2 aromatic heterocycles. The third kappa shape index (κ3) is 6.26. The minimum atomic E-state index is -0.912. The van der Waals surface area contributed by atoms with E-state index >= 15 is 4.39 Å². The van der Waals surface area contributed by atoms with E-state index in [2.05, 4.69) is 25.8 Å². The van der Waals surface area contributed by atoms with Gasteiger partial charge < -0.3 is 15.8 Å². The Morgan fingerprint density at radius 3 is 2.78 bits per heavy atom. The lowest BCUT2D eigenvalue weighted by Gasteiger charge is -2.15. The van der Waals surface area contributed by atoms with Crippen LogP contribution >= 0.6 is 11.8 Å². The standard InChI is InChI=1S/C23H27FN8O4S/c1-26-6-8-36-9-7-31-23(28-29-30-31)37-21-17(11-16(32(34)35)12-18(21)22(25)33)20-19(24)10-15(13-27-20)14-4-2-3-5-14/h10-14,26H,2-9H2,1H3,(H2,25,33). The van der Waals surface area contributed by atoms with Crippen LogP contribution in [0.3, 0.4) is 0 Å². The second kappa shape index (κ2) is 12.2. The number of nitrogens with two attached hydrogens (primary N) is 1. The second-order valence-corrected chi connectivity index (χ2v) is 9.55. The molecule has 14 heteroatoms. The molecule has 12 nitrogen and oxygen atoms in total. The van der Waals surface area contributed by atoms with Crippen LogP contribution in [0.5, 0.6) is 0 Å². The van der Waals surface area contributed by atoms with Crippen molar-refractivity contribution >= 4 is 23.4 Å². The summed E-state index contributed by atoms with van der Waals surface area (Å²) in [6.45, 7) is 1.83. The molecule has 1 aliphatic rings. The summed E-state index contributed by atoms with van der Waals surface area (Å²) in [4.78, 5) is 27.8. The number of likely N-dealkylation sites (N-methyl/N-ethyl adjacent to an activating group) is 1. The molecule has 4 rings (SSSR count). The van der Waals surface area contributed by atoms with Gasteiger partial charge in [-0.3, -0.25) is 19.9 Å². The van der Waals surface area contributed by atoms with Crippen LogP contribution in [0, 0.1) is 15.9 Å². The first-order chi connectivity index (χ1) is 17.9. The van der Waals surface area contributed by atoms with Crippen LogP contribution in [0.2, 0.25) is 0 Å². The highest BCUT2D eigenvalue weighted by Crippen LogP contribution is 2.41. The number of hydrogen-bond acceptors (Lipinski definition) is 10. The van der Waals surface area contributed by atoms with Crippen molar-refractivity contribution in [3.63, 3.8) is 0 Å². The van der Waals surface area contributed by atoms with E-state index in [1.165, 1.54) is 16.8 Å². The first-order valence-corrected chi connectivity index (χ1v) is 12.6. The van der Waals surface area contributed by atoms with Crippen LogP contribution < -0.4 is 11.1 Å². The van der Waals surface area contributed by atoms with Crippen molar-refractivity contribution in [1.82, 2.24) is 30.5 Å². The number of tetrazole rings is 1. The number of amides is 1. The molecule has 1 amide bonds. The summed E-state index contributed by atoms with van der Waals surface area (Å²) in [5.74, 6) is -1.32. The molecule has 1 aliphatic carbocycles. The third-order valence-corrected chi connectivity index (χ3v) is 7.25. The van der Waals surface area contributed by atoms with E-state index in [4.69, 9.17) is 10.5 Å². The molecule has 0 spiro atoms. The topological polar surface area (TPSA) is 164 Å². The van der Waals surface area contributed by atoms with Gasteiger partial charge in [0.05, 0.1) is 30.2 Å². The average Bonchev–Trinajstić information content (AvgIpc) is 3.56. The van der Waals surface area contributed by atoms with Crippen LogP contribution in [0.4, 0.5) is 10.1 Å². The molecular weight excluding hydrogens is 503 g/mol. The molecule has 0 saturated heterocycles. The van der Waals surface area contributed by atoms with Gasteiger partial charge in [0, 0.05) is 35.3 Å². The number of nitro benzene ring substituents is 1. The van der Waals surface area contributed by atoms with Gasteiger partial charge in [-0.15, -0.1) is 5.10 Å². The summed E-state index contributed by atoms with van der Waals surface area (Å²) in [6, 6.07) is 3.67. The highest BCUT2D eigenvalue weighted by Gasteiger charge is 2.27. The average molecular weight is 531 g/mol. The zero-order valence-electron chi connectivity index (χ0n) is 20.2. The predicted octanol–water partition coefficient (Wildman–Crippen LogP) is 2.93. The van der Waals surface area contributed by atoms with Gasteiger partial charge in [0.25, 0.3) is 5.69 Å². The molecule has 0 radical (unpaired) electrons. The van der Waals surface area contributed by atoms with Crippen LogP contribution in [0.25, 0.3) is 11.3 Å². The molecular formula is C23H27FN8O4S. The largest absolute Gasteiger partial charge is 0.378 e. The number of nitro groups is 1. The van der Waals surface area contributed by atoms with Gasteiger partial charge in [-0.05, 0) is 59.6 Å². The van der Waals surface area contributed by atoms with E-state index in [-0.39, 0.29) is 32.8 Å². The summed E-state index contributed by atoms with van der Waals surface area (Å²) < 4.78 is 22.4. The second-order valence-electron chi connectivity index (χ2n) is 8.57. The molecule has 3 N–H and O–H groups in total. The number of primary amides is 1. The van der Waals surface area contributed by atoms with E-state index in [0.717, 1.165) is 49.1 Å². The molecule has 0 aliphatic heterocycles. The van der Waals surface area contributed by atoms with Crippen LogP contribution in [-0.4, -0.2) is 62.8 Å². The number of nitrogens with zero attached hydrogens (tertiary/aromatic N) is 6. The number of non-ortho nitro benzene ring substituents is 1. The van der Waals surface area contributed by atoms with Gasteiger partial charge in [0.1, 0.15) is 11.5 Å². The first-order valence-electron chi connectivity index (χ1n) is 11.8. The Balaban J connectivity index is 1.73. The Kier molecular flexibility index (Phi) is 8.74. The molecule has 1 fully saturated rings. The zero-order valence-corrected chi connectivity index (χ0v) is 21.0. The molecule has 196 valence electrons. The highest BCUT2D eigenvalue weighted by molar-refractivity contribution is 7.99. The molecule has 37 heavy (non-hydrogen) atoms. The number of benzene rings is 1. The fraction of sp³-hybridized carbons (Fsp3) is 0.435. The Labute approximate surface area is 216 Å². The van der Waals surface area contributed by atoms with Gasteiger partial charge in [-0.2, -0.15) is 0 Å². The van der Waals surface area contributed by atoms with E-state index in [1.54, 1.807) is 6.20 Å². The fourth-order valence-corrected chi connectivity index (χ4v) is 5.28. The molecule has 2 heterocycles. The number of rotatable bonds is 12. The van der Waals surface area contributed by atoms with E-state index < -0.39 is 22.3 Å². The lowest BCUT2D eigenvalue weighted by Crippen LogP contribution is -2.17. The third-order valence-electron chi connectivity index (χ3n) is 6.13. The lowest BCUT2D eigenvalue weighted by atomic mass is 9.98. The van der Waals surface area contributed by atoms with Crippen molar-refractivity contribution in [3.05, 3.63) is 51.5 Å². The number of hydrogen-bond donors (Lipinski definition) is 2. The number of ether oxygens (including phenoxy) is 1. The van der Waals surface area contributed by atoms with Crippen molar-refractivity contribution in [1.29, 1.82) is 0 Å². The van der Waals surface area contributed by atoms with Crippen LogP contribution in [0.1, 0.15) is 47.5 Å². The minimum Gasteiger partial charge on any atom is -0.378 e. The van der Waals surface area contributed by atoms with Gasteiger partial charge in [0.15, 0.2) is 0 Å². The van der Waals surface area contributed by atoms with Crippen molar-refractivity contribution in [2.75, 3.05) is 26.8 Å². The number of carbonyl (C=O) groups is 1. The monoisotopic (exact) mass is 530 g/mol. The summed E-state index contributed by atoms with van der Waals surface area (Å²) >= 11 is 0.953. The van der Waals surface area contributed by atoms with Crippen molar-refractivity contribution < 1.29 is 18.8 Å². The first kappa shape index (κ1) is 26.6. The molecule has 3 aromatic rings. The maximum atomic E-state index is 15.4. The smallest absolute Gasteiger partial charge is 0.270 e. The van der Waals surface area contributed by atoms with E-state index in [9.17, 15) is 14.9 Å². The predicted molar refractivity (Wildman–Crippen MR) is 133 cm³/mol. The summed E-state index contributed by atoms with van der Waals surface area (Å²) in [6.07, 6.45) is 5.68. The van der Waals surface area contributed by atoms with E-state index in [0.29, 0.717) is 26.3 Å². The Bertz CT molecular complexity index is 1280. The summed E-state index contributed by atoms with van der Waals surface area (Å²) in [5.41, 5.74) is 5.75. The maximum absolute atomic E-state index is 15.4. The summed E-state index contributed by atoms with van der Waals surface area (Å²) in [7, 11) is 1.82. The van der Waals surface area contributed by atoms with Crippen LogP contribution in [0.15, 0.2) is 34.4 Å². The van der Waals surface area contributed by atoms with Gasteiger partial charge in [-0.1, -0.05) is 12.8 Å². The number of pyridine rings is 1. The SMILES string of the molecule is CNCCOCCn1nnnc1Sc1c(C(N)=O)cc([N+](=O)[O-])cc1-c1ncc(C2CCCC2)cc1F. The molecule has 1 aromatic carbocycles. The number of carbonyl (C=O) groups excluding carboxylic acids is 1.